The second kappa shape index (κ2) is 7.13. The Kier molecular flexibility index (Phi) is 4.96. The maximum Gasteiger partial charge on any atom is 0.254 e. The fourth-order valence-electron chi connectivity index (χ4n) is 2.82. The fourth-order valence-corrected chi connectivity index (χ4v) is 3.29. The molecule has 0 spiro atoms. The normalized spacial score (nSPS) is 14.6. The number of nitrogens with one attached hydrogen (secondary N) is 1. The molecule has 0 radical (unpaired) electrons. The molecule has 1 aromatic heterocycles. The number of hydrogen-bond donors (Lipinski definition) is 1. The lowest BCUT2D eigenvalue weighted by atomic mass is 10.1. The van der Waals surface area contributed by atoms with Crippen LogP contribution >= 0.6 is 15.9 Å². The van der Waals surface area contributed by atoms with Crippen molar-refractivity contribution in [2.24, 2.45) is 0 Å². The predicted molar refractivity (Wildman–Crippen MR) is 96.2 cm³/mol. The van der Waals surface area contributed by atoms with Crippen LogP contribution < -0.4 is 5.32 Å². The SMILES string of the molecule is Cc1cc(Br)ccc1Nc1cc(C(=O)N2CCCCC2)ccn1. The first-order valence-electron chi connectivity index (χ1n) is 7.92. The number of anilines is 2. The quantitative estimate of drug-likeness (QED) is 0.859. The molecule has 2 aromatic rings. The number of carbonyl (C=O) groups is 1. The van der Waals surface area contributed by atoms with Crippen LogP contribution in [0.2, 0.25) is 0 Å². The van der Waals surface area contributed by atoms with Gasteiger partial charge in [-0.05, 0) is 62.1 Å². The van der Waals surface area contributed by atoms with Crippen LogP contribution in [-0.4, -0.2) is 28.9 Å². The highest BCUT2D eigenvalue weighted by Crippen LogP contribution is 2.23. The van der Waals surface area contributed by atoms with Crippen LogP contribution in [0.25, 0.3) is 0 Å². The zero-order valence-corrected chi connectivity index (χ0v) is 14.8. The number of rotatable bonds is 3. The van der Waals surface area contributed by atoms with E-state index in [4.69, 9.17) is 0 Å². The summed E-state index contributed by atoms with van der Waals surface area (Å²) in [5.41, 5.74) is 2.80. The molecule has 0 saturated carbocycles. The fraction of sp³-hybridized carbons (Fsp3) is 0.333. The maximum absolute atomic E-state index is 12.6. The van der Waals surface area contributed by atoms with Crippen molar-refractivity contribution in [2.75, 3.05) is 18.4 Å². The van der Waals surface area contributed by atoms with E-state index >= 15 is 0 Å². The maximum atomic E-state index is 12.6. The number of hydrogen-bond acceptors (Lipinski definition) is 3. The molecule has 1 N–H and O–H groups in total. The first-order chi connectivity index (χ1) is 11.1. The number of pyridine rings is 1. The molecule has 5 heteroatoms. The van der Waals surface area contributed by atoms with Crippen LogP contribution in [0.15, 0.2) is 41.0 Å². The lowest BCUT2D eigenvalue weighted by Gasteiger charge is -2.26. The number of aryl methyl sites for hydroxylation is 1. The molecule has 1 amide bonds. The molecule has 2 heterocycles. The summed E-state index contributed by atoms with van der Waals surface area (Å²) in [6.45, 7) is 3.75. The zero-order valence-electron chi connectivity index (χ0n) is 13.2. The van der Waals surface area contributed by atoms with Crippen LogP contribution in [0, 0.1) is 6.92 Å². The second-order valence-electron chi connectivity index (χ2n) is 5.87. The van der Waals surface area contributed by atoms with Crippen LogP contribution in [0.3, 0.4) is 0 Å². The lowest BCUT2D eigenvalue weighted by Crippen LogP contribution is -2.35. The Bertz CT molecular complexity index is 711. The molecule has 1 aromatic carbocycles. The number of amides is 1. The molecule has 1 aliphatic heterocycles. The molecule has 1 fully saturated rings. The Hall–Kier alpha value is -1.88. The van der Waals surface area contributed by atoms with Crippen molar-refractivity contribution in [2.45, 2.75) is 26.2 Å². The summed E-state index contributed by atoms with van der Waals surface area (Å²) in [5, 5.41) is 3.29. The van der Waals surface area contributed by atoms with Gasteiger partial charge >= 0.3 is 0 Å². The standard InChI is InChI=1S/C18H20BrN3O/c1-13-11-15(19)5-6-16(13)21-17-12-14(7-8-20-17)18(23)22-9-3-2-4-10-22/h5-8,11-12H,2-4,9-10H2,1H3,(H,20,21). The van der Waals surface area contributed by atoms with Crippen molar-refractivity contribution in [1.29, 1.82) is 0 Å². The number of benzene rings is 1. The average Bonchev–Trinajstić information content (AvgIpc) is 2.58. The van der Waals surface area contributed by atoms with Gasteiger partial charge in [-0.1, -0.05) is 15.9 Å². The predicted octanol–water partition coefficient (Wildman–Crippen LogP) is 4.52. The molecule has 0 aliphatic carbocycles. The summed E-state index contributed by atoms with van der Waals surface area (Å²) in [7, 11) is 0. The van der Waals surface area contributed by atoms with Crippen molar-refractivity contribution in [3.8, 4) is 0 Å². The van der Waals surface area contributed by atoms with Gasteiger partial charge in [0.1, 0.15) is 5.82 Å². The largest absolute Gasteiger partial charge is 0.340 e. The van der Waals surface area contributed by atoms with Gasteiger partial charge in [-0.2, -0.15) is 0 Å². The monoisotopic (exact) mass is 373 g/mol. The molecule has 1 saturated heterocycles. The van der Waals surface area contributed by atoms with Crippen molar-refractivity contribution in [3.63, 3.8) is 0 Å². The van der Waals surface area contributed by atoms with Gasteiger partial charge in [0.15, 0.2) is 0 Å². The van der Waals surface area contributed by atoms with Gasteiger partial charge in [0.05, 0.1) is 0 Å². The second-order valence-corrected chi connectivity index (χ2v) is 6.78. The van der Waals surface area contributed by atoms with E-state index in [0.717, 1.165) is 41.7 Å². The summed E-state index contributed by atoms with van der Waals surface area (Å²) < 4.78 is 1.04. The van der Waals surface area contributed by atoms with Gasteiger partial charge in [-0.25, -0.2) is 4.98 Å². The molecule has 0 unspecified atom stereocenters. The van der Waals surface area contributed by atoms with Gasteiger partial charge in [0.2, 0.25) is 0 Å². The number of carbonyl (C=O) groups excluding carboxylic acids is 1. The Labute approximate surface area is 145 Å². The van der Waals surface area contributed by atoms with Gasteiger partial charge < -0.3 is 10.2 Å². The number of aromatic nitrogens is 1. The van der Waals surface area contributed by atoms with Gasteiger partial charge in [-0.3, -0.25) is 4.79 Å². The van der Waals surface area contributed by atoms with E-state index in [1.54, 1.807) is 12.3 Å². The third-order valence-electron chi connectivity index (χ3n) is 4.10. The highest BCUT2D eigenvalue weighted by molar-refractivity contribution is 9.10. The molecule has 0 bridgehead atoms. The van der Waals surface area contributed by atoms with E-state index in [1.807, 2.05) is 36.1 Å². The van der Waals surface area contributed by atoms with Gasteiger partial charge in [0, 0.05) is 35.0 Å². The summed E-state index contributed by atoms with van der Waals surface area (Å²) in [6, 6.07) is 9.65. The highest BCUT2D eigenvalue weighted by atomic mass is 79.9. The van der Waals surface area contributed by atoms with Crippen LogP contribution in [0.4, 0.5) is 11.5 Å². The molecule has 120 valence electrons. The summed E-state index contributed by atoms with van der Waals surface area (Å²) in [6.07, 6.45) is 5.10. The number of piperidine rings is 1. The summed E-state index contributed by atoms with van der Waals surface area (Å²) >= 11 is 3.46. The van der Waals surface area contributed by atoms with E-state index in [0.29, 0.717) is 11.4 Å². The first-order valence-corrected chi connectivity index (χ1v) is 8.71. The van der Waals surface area contributed by atoms with E-state index < -0.39 is 0 Å². The van der Waals surface area contributed by atoms with Crippen molar-refractivity contribution in [1.82, 2.24) is 9.88 Å². The molecule has 3 rings (SSSR count). The lowest BCUT2D eigenvalue weighted by molar-refractivity contribution is 0.0724. The molecule has 0 atom stereocenters. The van der Waals surface area contributed by atoms with E-state index in [2.05, 4.69) is 26.2 Å². The highest BCUT2D eigenvalue weighted by Gasteiger charge is 2.18. The number of halogens is 1. The van der Waals surface area contributed by atoms with E-state index in [-0.39, 0.29) is 5.91 Å². The Morgan fingerprint density at radius 2 is 1.96 bits per heavy atom. The first kappa shape index (κ1) is 16.0. The third kappa shape index (κ3) is 3.91. The Morgan fingerprint density at radius 1 is 1.17 bits per heavy atom. The molecular weight excluding hydrogens is 354 g/mol. The van der Waals surface area contributed by atoms with Crippen molar-refractivity contribution < 1.29 is 4.79 Å². The van der Waals surface area contributed by atoms with Gasteiger partial charge in [0.25, 0.3) is 5.91 Å². The van der Waals surface area contributed by atoms with Crippen molar-refractivity contribution >= 4 is 33.3 Å². The molecular formula is C18H20BrN3O. The van der Waals surface area contributed by atoms with E-state index in [9.17, 15) is 4.79 Å². The Balaban J connectivity index is 1.78. The van der Waals surface area contributed by atoms with E-state index in [1.165, 1.54) is 6.42 Å². The van der Waals surface area contributed by atoms with Crippen LogP contribution in [-0.2, 0) is 0 Å². The van der Waals surface area contributed by atoms with Crippen molar-refractivity contribution in [3.05, 3.63) is 52.1 Å². The summed E-state index contributed by atoms with van der Waals surface area (Å²) in [5.74, 6) is 0.793. The Morgan fingerprint density at radius 3 is 2.70 bits per heavy atom. The minimum Gasteiger partial charge on any atom is -0.340 e. The third-order valence-corrected chi connectivity index (χ3v) is 4.59. The topological polar surface area (TPSA) is 45.2 Å². The zero-order chi connectivity index (χ0) is 16.2. The molecule has 23 heavy (non-hydrogen) atoms. The minimum absolute atomic E-state index is 0.0997. The smallest absolute Gasteiger partial charge is 0.254 e. The molecule has 1 aliphatic rings. The molecule has 4 nitrogen and oxygen atoms in total. The van der Waals surface area contributed by atoms with Crippen LogP contribution in [0.5, 0.6) is 0 Å². The van der Waals surface area contributed by atoms with Crippen LogP contribution in [0.1, 0.15) is 35.2 Å². The summed E-state index contributed by atoms with van der Waals surface area (Å²) in [4.78, 5) is 18.9. The van der Waals surface area contributed by atoms with Gasteiger partial charge in [-0.15, -0.1) is 0 Å². The average molecular weight is 374 g/mol. The minimum atomic E-state index is 0.0997. The number of nitrogens with zero attached hydrogens (tertiary/aromatic N) is 2. The number of likely N-dealkylation sites (tertiary alicyclic amines) is 1.